The lowest BCUT2D eigenvalue weighted by atomic mass is 10.2. The van der Waals surface area contributed by atoms with Crippen LogP contribution >= 0.6 is 23.2 Å². The highest BCUT2D eigenvalue weighted by Crippen LogP contribution is 2.38. The van der Waals surface area contributed by atoms with E-state index in [4.69, 9.17) is 27.9 Å². The molecule has 6 heteroatoms. The number of phenolic OH excluding ortho intramolecular Hbond substituents is 1. The Labute approximate surface area is 120 Å². The van der Waals surface area contributed by atoms with E-state index < -0.39 is 0 Å². The molecule has 0 aliphatic carbocycles. The van der Waals surface area contributed by atoms with Gasteiger partial charge in [0, 0.05) is 13.1 Å². The number of rotatable bonds is 3. The molecule has 4 nitrogen and oxygen atoms in total. The highest BCUT2D eigenvalue weighted by molar-refractivity contribution is 6.36. The van der Waals surface area contributed by atoms with Crippen molar-refractivity contribution >= 4 is 29.3 Å². The van der Waals surface area contributed by atoms with Crippen LogP contribution in [-0.4, -0.2) is 14.9 Å². The second-order valence-electron chi connectivity index (χ2n) is 3.97. The van der Waals surface area contributed by atoms with E-state index in [0.717, 1.165) is 11.3 Å². The van der Waals surface area contributed by atoms with Crippen LogP contribution in [0, 0.1) is 6.92 Å². The lowest BCUT2D eigenvalue weighted by Gasteiger charge is -2.10. The number of halogens is 2. The van der Waals surface area contributed by atoms with Gasteiger partial charge in [-0.25, -0.2) is 4.68 Å². The van der Waals surface area contributed by atoms with E-state index in [1.807, 2.05) is 6.92 Å². The molecule has 0 spiro atoms. The first-order valence-electron chi connectivity index (χ1n) is 5.46. The number of ether oxygens (including phenoxy) is 1. The van der Waals surface area contributed by atoms with Gasteiger partial charge in [-0.2, -0.15) is 5.10 Å². The Hall–Kier alpha value is -1.65. The first kappa shape index (κ1) is 13.8. The molecule has 0 aliphatic heterocycles. The van der Waals surface area contributed by atoms with Crippen LogP contribution in [0.4, 0.5) is 0 Å². The number of hydrogen-bond donors (Lipinski definition) is 1. The summed E-state index contributed by atoms with van der Waals surface area (Å²) in [7, 11) is 1.75. The van der Waals surface area contributed by atoms with Crippen LogP contribution in [0.1, 0.15) is 11.3 Å². The zero-order valence-corrected chi connectivity index (χ0v) is 12.0. The van der Waals surface area contributed by atoms with Crippen LogP contribution in [0.2, 0.25) is 10.0 Å². The molecule has 0 aliphatic rings. The van der Waals surface area contributed by atoms with E-state index in [-0.39, 0.29) is 10.8 Å². The molecule has 2 rings (SSSR count). The van der Waals surface area contributed by atoms with Gasteiger partial charge in [-0.05, 0) is 13.0 Å². The molecule has 0 bridgehead atoms. The van der Waals surface area contributed by atoms with Crippen LogP contribution in [0.25, 0.3) is 6.08 Å². The highest BCUT2D eigenvalue weighted by atomic mass is 35.5. The largest absolute Gasteiger partial charge is 0.506 e. The Balaban J connectivity index is 2.47. The average Bonchev–Trinajstić information content (AvgIpc) is 2.60. The summed E-state index contributed by atoms with van der Waals surface area (Å²) in [4.78, 5) is 0. The van der Waals surface area contributed by atoms with Crippen LogP contribution in [0.15, 0.2) is 18.7 Å². The van der Waals surface area contributed by atoms with E-state index in [1.165, 1.54) is 12.1 Å². The molecule has 0 amide bonds. The third-order valence-corrected chi connectivity index (χ3v) is 3.22. The number of phenols is 1. The third-order valence-electron chi connectivity index (χ3n) is 2.63. The van der Waals surface area contributed by atoms with Crippen molar-refractivity contribution in [3.63, 3.8) is 0 Å². The Morgan fingerprint density at radius 1 is 1.37 bits per heavy atom. The molecule has 100 valence electrons. The minimum Gasteiger partial charge on any atom is -0.506 e. The summed E-state index contributed by atoms with van der Waals surface area (Å²) in [5.41, 5.74) is 1.56. The molecule has 1 N–H and O–H groups in total. The Morgan fingerprint density at radius 3 is 2.68 bits per heavy atom. The highest BCUT2D eigenvalue weighted by Gasteiger charge is 2.15. The average molecular weight is 299 g/mol. The minimum absolute atomic E-state index is 0.0971. The van der Waals surface area contributed by atoms with E-state index in [9.17, 15) is 5.11 Å². The molecular weight excluding hydrogens is 287 g/mol. The molecule has 0 saturated carbocycles. The van der Waals surface area contributed by atoms with Gasteiger partial charge in [0.1, 0.15) is 5.75 Å². The van der Waals surface area contributed by atoms with E-state index in [1.54, 1.807) is 17.8 Å². The normalized spacial score (nSPS) is 10.5. The molecule has 1 aromatic carbocycles. The fraction of sp³-hybridized carbons (Fsp3) is 0.154. The molecule has 1 heterocycles. The topological polar surface area (TPSA) is 47.3 Å². The van der Waals surface area contributed by atoms with E-state index in [0.29, 0.717) is 16.7 Å². The van der Waals surface area contributed by atoms with Crippen molar-refractivity contribution in [1.29, 1.82) is 0 Å². The molecule has 19 heavy (non-hydrogen) atoms. The van der Waals surface area contributed by atoms with E-state index >= 15 is 0 Å². The van der Waals surface area contributed by atoms with Gasteiger partial charge >= 0.3 is 0 Å². The summed E-state index contributed by atoms with van der Waals surface area (Å²) in [6.07, 6.45) is 1.65. The zero-order chi connectivity index (χ0) is 14.2. The lowest BCUT2D eigenvalue weighted by molar-refractivity contribution is 0.422. The number of benzene rings is 1. The molecular formula is C13H12Cl2N2O2. The maximum Gasteiger partial charge on any atom is 0.225 e. The molecule has 0 saturated heterocycles. The summed E-state index contributed by atoms with van der Waals surface area (Å²) in [6, 6.07) is 2.78. The van der Waals surface area contributed by atoms with Crippen LogP contribution in [0.3, 0.4) is 0 Å². The first-order valence-corrected chi connectivity index (χ1v) is 6.21. The summed E-state index contributed by atoms with van der Waals surface area (Å²) in [5, 5.41) is 14.3. The number of aromatic nitrogens is 2. The zero-order valence-electron chi connectivity index (χ0n) is 10.4. The Bertz CT molecular complexity index is 651. The SMILES string of the molecule is C=Cc1c(C)nn(C)c1Oc1cc(O)c(Cl)cc1Cl. The number of aromatic hydroxyl groups is 1. The predicted octanol–water partition coefficient (Wildman–Crippen LogP) is 4.18. The van der Waals surface area contributed by atoms with Crippen molar-refractivity contribution in [3.05, 3.63) is 40.0 Å². The van der Waals surface area contributed by atoms with E-state index in [2.05, 4.69) is 11.7 Å². The van der Waals surface area contributed by atoms with Gasteiger partial charge in [-0.15, -0.1) is 0 Å². The fourth-order valence-electron chi connectivity index (χ4n) is 1.71. The number of hydrogen-bond acceptors (Lipinski definition) is 3. The quantitative estimate of drug-likeness (QED) is 0.925. The summed E-state index contributed by atoms with van der Waals surface area (Å²) < 4.78 is 7.27. The minimum atomic E-state index is -0.0971. The Morgan fingerprint density at radius 2 is 2.05 bits per heavy atom. The molecule has 0 radical (unpaired) electrons. The summed E-state index contributed by atoms with van der Waals surface area (Å²) >= 11 is 11.8. The van der Waals surface area contributed by atoms with Crippen molar-refractivity contribution in [2.45, 2.75) is 6.92 Å². The van der Waals surface area contributed by atoms with Crippen molar-refractivity contribution in [2.24, 2.45) is 7.05 Å². The molecule has 0 unspecified atom stereocenters. The van der Waals surface area contributed by atoms with Gasteiger partial charge in [0.05, 0.1) is 21.3 Å². The van der Waals surface area contributed by atoms with Gasteiger partial charge < -0.3 is 9.84 Å². The lowest BCUT2D eigenvalue weighted by Crippen LogP contribution is -1.96. The van der Waals surface area contributed by atoms with Crippen molar-refractivity contribution in [2.75, 3.05) is 0 Å². The van der Waals surface area contributed by atoms with Crippen LogP contribution in [0.5, 0.6) is 17.4 Å². The maximum atomic E-state index is 9.59. The Kier molecular flexibility index (Phi) is 3.73. The van der Waals surface area contributed by atoms with Crippen LogP contribution in [-0.2, 0) is 7.05 Å². The molecule has 0 fully saturated rings. The maximum absolute atomic E-state index is 9.59. The first-order chi connectivity index (χ1) is 8.93. The summed E-state index contributed by atoms with van der Waals surface area (Å²) in [5.74, 6) is 0.700. The van der Waals surface area contributed by atoms with Gasteiger partial charge in [-0.3, -0.25) is 0 Å². The second-order valence-corrected chi connectivity index (χ2v) is 4.78. The van der Waals surface area contributed by atoms with Crippen molar-refractivity contribution < 1.29 is 9.84 Å². The second kappa shape index (κ2) is 5.15. The number of aryl methyl sites for hydroxylation is 2. The van der Waals surface area contributed by atoms with Gasteiger partial charge in [0.25, 0.3) is 0 Å². The molecule has 2 aromatic rings. The van der Waals surface area contributed by atoms with Crippen LogP contribution < -0.4 is 4.74 Å². The molecule has 0 atom stereocenters. The summed E-state index contributed by atoms with van der Waals surface area (Å²) in [6.45, 7) is 5.58. The predicted molar refractivity (Wildman–Crippen MR) is 76.2 cm³/mol. The standard InChI is InChI=1S/C13H12Cl2N2O2/c1-4-8-7(2)16-17(3)13(8)19-12-6-11(18)9(14)5-10(12)15/h4-6,18H,1H2,2-3H3. The number of nitrogens with zero attached hydrogens (tertiary/aromatic N) is 2. The van der Waals surface area contributed by atoms with Gasteiger partial charge in [0.2, 0.25) is 5.88 Å². The smallest absolute Gasteiger partial charge is 0.225 e. The van der Waals surface area contributed by atoms with Gasteiger partial charge in [-0.1, -0.05) is 35.9 Å². The third kappa shape index (κ3) is 2.55. The van der Waals surface area contributed by atoms with Crippen molar-refractivity contribution in [3.8, 4) is 17.4 Å². The van der Waals surface area contributed by atoms with Gasteiger partial charge in [0.15, 0.2) is 5.75 Å². The fourth-order valence-corrected chi connectivity index (χ4v) is 2.13. The molecule has 1 aromatic heterocycles. The van der Waals surface area contributed by atoms with Crippen molar-refractivity contribution in [1.82, 2.24) is 9.78 Å². The monoisotopic (exact) mass is 298 g/mol.